The molecule has 0 fully saturated rings. The smallest absolute Gasteiger partial charge is 0.331 e. The number of methoxy groups -OCH3 is 2. The predicted molar refractivity (Wildman–Crippen MR) is 99.3 cm³/mol. The van der Waals surface area contributed by atoms with Crippen LogP contribution in [0.25, 0.3) is 6.08 Å². The number of esters is 1. The van der Waals surface area contributed by atoms with Crippen LogP contribution in [0.15, 0.2) is 48.5 Å². The minimum absolute atomic E-state index is 0.323. The third-order valence-electron chi connectivity index (χ3n) is 3.51. The third-order valence-corrected chi connectivity index (χ3v) is 3.51. The summed E-state index contributed by atoms with van der Waals surface area (Å²) in [5, 5.41) is 11.5. The highest BCUT2D eigenvalue weighted by atomic mass is 16.5. The van der Waals surface area contributed by atoms with E-state index in [-0.39, 0.29) is 0 Å². The van der Waals surface area contributed by atoms with Gasteiger partial charge in [0.2, 0.25) is 0 Å². The van der Waals surface area contributed by atoms with Gasteiger partial charge in [0.15, 0.2) is 6.61 Å². The quantitative estimate of drug-likeness (QED) is 0.598. The lowest BCUT2D eigenvalue weighted by atomic mass is 10.2. The Morgan fingerprint density at radius 3 is 2.63 bits per heavy atom. The number of hydrogen-bond donors (Lipinski definition) is 1. The first-order valence-electron chi connectivity index (χ1n) is 7.93. The molecule has 0 unspecified atom stereocenters. The lowest BCUT2D eigenvalue weighted by molar-refractivity contribution is -0.142. The Bertz CT molecular complexity index is 899. The fourth-order valence-electron chi connectivity index (χ4n) is 2.17. The monoisotopic (exact) mass is 366 g/mol. The molecule has 0 aliphatic rings. The molecule has 2 rings (SSSR count). The van der Waals surface area contributed by atoms with Crippen molar-refractivity contribution < 1.29 is 23.8 Å². The normalized spacial score (nSPS) is 10.1. The highest BCUT2D eigenvalue weighted by Crippen LogP contribution is 2.25. The van der Waals surface area contributed by atoms with Crippen LogP contribution in [-0.4, -0.2) is 32.7 Å². The number of rotatable bonds is 7. The van der Waals surface area contributed by atoms with Gasteiger partial charge in [0.05, 0.1) is 25.5 Å². The van der Waals surface area contributed by atoms with Gasteiger partial charge in [-0.2, -0.15) is 5.26 Å². The van der Waals surface area contributed by atoms with E-state index in [0.717, 1.165) is 0 Å². The Hall–Kier alpha value is -3.79. The number of benzene rings is 2. The Labute approximate surface area is 156 Å². The molecule has 7 nitrogen and oxygen atoms in total. The lowest BCUT2D eigenvalue weighted by Gasteiger charge is -2.08. The molecule has 0 saturated carbocycles. The van der Waals surface area contributed by atoms with Gasteiger partial charge in [0.1, 0.15) is 17.6 Å². The van der Waals surface area contributed by atoms with E-state index in [2.05, 4.69) is 5.32 Å². The van der Waals surface area contributed by atoms with Crippen molar-refractivity contribution in [2.24, 2.45) is 0 Å². The molecule has 0 radical (unpaired) electrons. The average Bonchev–Trinajstić information content (AvgIpc) is 2.70. The highest BCUT2D eigenvalue weighted by Gasteiger charge is 2.09. The van der Waals surface area contributed by atoms with E-state index >= 15 is 0 Å². The fraction of sp³-hybridized carbons (Fsp3) is 0.150. The minimum Gasteiger partial charge on any atom is -0.497 e. The van der Waals surface area contributed by atoms with Crippen LogP contribution in [0.1, 0.15) is 11.1 Å². The van der Waals surface area contributed by atoms with Crippen LogP contribution in [0.5, 0.6) is 11.5 Å². The standard InChI is InChI=1S/C20H18N2O5/c1-25-16-9-7-14(18(11-16)26-2)8-10-20(24)27-13-19(23)22-17-6-4-3-5-15(17)12-21/h3-11H,13H2,1-2H3,(H,22,23). The van der Waals surface area contributed by atoms with Crippen LogP contribution in [0.3, 0.4) is 0 Å². The van der Waals surface area contributed by atoms with Gasteiger partial charge in [-0.05, 0) is 30.3 Å². The number of hydrogen-bond acceptors (Lipinski definition) is 6. The van der Waals surface area contributed by atoms with Crippen molar-refractivity contribution in [1.29, 1.82) is 5.26 Å². The summed E-state index contributed by atoms with van der Waals surface area (Å²) < 4.78 is 15.2. The maximum Gasteiger partial charge on any atom is 0.331 e. The summed E-state index contributed by atoms with van der Waals surface area (Å²) in [6, 6.07) is 13.7. The summed E-state index contributed by atoms with van der Waals surface area (Å²) in [4.78, 5) is 23.7. The number of carbonyl (C=O) groups is 2. The van der Waals surface area contributed by atoms with Gasteiger partial charge in [-0.3, -0.25) is 4.79 Å². The number of nitriles is 1. The SMILES string of the molecule is COc1ccc(C=CC(=O)OCC(=O)Nc2ccccc2C#N)c(OC)c1. The van der Waals surface area contributed by atoms with Crippen molar-refractivity contribution in [3.05, 3.63) is 59.7 Å². The highest BCUT2D eigenvalue weighted by molar-refractivity contribution is 5.95. The van der Waals surface area contributed by atoms with Gasteiger partial charge in [-0.1, -0.05) is 12.1 Å². The van der Waals surface area contributed by atoms with Crippen molar-refractivity contribution in [3.8, 4) is 17.6 Å². The van der Waals surface area contributed by atoms with Gasteiger partial charge < -0.3 is 19.5 Å². The van der Waals surface area contributed by atoms with E-state index in [0.29, 0.717) is 28.3 Å². The van der Waals surface area contributed by atoms with Crippen LogP contribution in [0.2, 0.25) is 0 Å². The molecular formula is C20H18N2O5. The molecule has 0 saturated heterocycles. The van der Waals surface area contributed by atoms with Crippen molar-refractivity contribution in [3.63, 3.8) is 0 Å². The maximum absolute atomic E-state index is 11.9. The summed E-state index contributed by atoms with van der Waals surface area (Å²) in [7, 11) is 3.05. The molecule has 0 bridgehead atoms. The predicted octanol–water partition coefficient (Wildman–Crippen LogP) is 2.77. The molecule has 2 aromatic carbocycles. The van der Waals surface area contributed by atoms with E-state index in [1.165, 1.54) is 19.3 Å². The van der Waals surface area contributed by atoms with Crippen LogP contribution >= 0.6 is 0 Å². The Morgan fingerprint density at radius 2 is 1.93 bits per heavy atom. The van der Waals surface area contributed by atoms with Crippen molar-refractivity contribution >= 4 is 23.6 Å². The maximum atomic E-state index is 11.9. The number of ether oxygens (including phenoxy) is 3. The van der Waals surface area contributed by atoms with E-state index in [1.54, 1.807) is 49.6 Å². The van der Waals surface area contributed by atoms with Crippen LogP contribution < -0.4 is 14.8 Å². The Kier molecular flexibility index (Phi) is 6.97. The van der Waals surface area contributed by atoms with Crippen LogP contribution in [0.4, 0.5) is 5.69 Å². The second-order valence-electron chi connectivity index (χ2n) is 5.25. The second-order valence-corrected chi connectivity index (χ2v) is 5.25. The molecule has 2 aromatic rings. The van der Waals surface area contributed by atoms with Crippen LogP contribution in [-0.2, 0) is 14.3 Å². The molecule has 0 aromatic heterocycles. The largest absolute Gasteiger partial charge is 0.497 e. The molecule has 0 aliphatic carbocycles. The van der Waals surface area contributed by atoms with Gasteiger partial charge >= 0.3 is 5.97 Å². The summed E-state index contributed by atoms with van der Waals surface area (Å²) in [5.41, 5.74) is 1.34. The zero-order chi connectivity index (χ0) is 19.6. The van der Waals surface area contributed by atoms with E-state index in [1.807, 2.05) is 6.07 Å². The molecule has 0 aliphatic heterocycles. The first-order chi connectivity index (χ1) is 13.1. The summed E-state index contributed by atoms with van der Waals surface area (Å²) in [6.45, 7) is -0.470. The lowest BCUT2D eigenvalue weighted by Crippen LogP contribution is -2.20. The molecule has 0 spiro atoms. The minimum atomic E-state index is -0.684. The molecule has 1 amide bonds. The molecule has 138 valence electrons. The topological polar surface area (TPSA) is 97.6 Å². The molecule has 0 atom stereocenters. The third kappa shape index (κ3) is 5.61. The van der Waals surface area contributed by atoms with Crippen LogP contribution in [0, 0.1) is 11.3 Å². The number of carbonyl (C=O) groups excluding carboxylic acids is 2. The Morgan fingerprint density at radius 1 is 1.15 bits per heavy atom. The molecule has 27 heavy (non-hydrogen) atoms. The first-order valence-corrected chi connectivity index (χ1v) is 7.93. The zero-order valence-corrected chi connectivity index (χ0v) is 14.9. The number of nitrogens with one attached hydrogen (secondary N) is 1. The van der Waals surface area contributed by atoms with Gasteiger partial charge in [0.25, 0.3) is 5.91 Å². The zero-order valence-electron chi connectivity index (χ0n) is 14.9. The molecule has 0 heterocycles. The summed E-state index contributed by atoms with van der Waals surface area (Å²) >= 11 is 0. The number of anilines is 1. The summed E-state index contributed by atoms with van der Waals surface area (Å²) in [5.74, 6) is -0.0665. The molecule has 7 heteroatoms. The van der Waals surface area contributed by atoms with E-state index < -0.39 is 18.5 Å². The van der Waals surface area contributed by atoms with Gasteiger partial charge in [0, 0.05) is 17.7 Å². The number of amides is 1. The molecular weight excluding hydrogens is 348 g/mol. The molecule has 1 N–H and O–H groups in total. The Balaban J connectivity index is 1.91. The number of nitrogens with zero attached hydrogens (tertiary/aromatic N) is 1. The van der Waals surface area contributed by atoms with Crippen molar-refractivity contribution in [1.82, 2.24) is 0 Å². The van der Waals surface area contributed by atoms with E-state index in [9.17, 15) is 9.59 Å². The van der Waals surface area contributed by atoms with Crippen molar-refractivity contribution in [2.45, 2.75) is 0 Å². The second kappa shape index (κ2) is 9.63. The number of para-hydroxylation sites is 1. The van der Waals surface area contributed by atoms with E-state index in [4.69, 9.17) is 19.5 Å². The fourth-order valence-corrected chi connectivity index (χ4v) is 2.17. The van der Waals surface area contributed by atoms with Gasteiger partial charge in [-0.25, -0.2) is 4.79 Å². The first kappa shape index (κ1) is 19.5. The summed E-state index contributed by atoms with van der Waals surface area (Å²) in [6.07, 6.45) is 2.71. The van der Waals surface area contributed by atoms with Crippen molar-refractivity contribution in [2.75, 3.05) is 26.1 Å². The van der Waals surface area contributed by atoms with Gasteiger partial charge in [-0.15, -0.1) is 0 Å². The average molecular weight is 366 g/mol.